The van der Waals surface area contributed by atoms with E-state index in [0.717, 1.165) is 32.1 Å². The fourth-order valence-corrected chi connectivity index (χ4v) is 0. The van der Waals surface area contributed by atoms with Crippen molar-refractivity contribution in [1.29, 1.82) is 0 Å². The van der Waals surface area contributed by atoms with Crippen molar-refractivity contribution in [1.82, 2.24) is 0 Å². The average molecular weight is 462 g/mol. The Balaban J connectivity index is -0.0000000476. The standard InChI is InChI=1S/5C4H9O.Mo/c5*1-3-4(2)5;/h5*4H,3H2,1-2H3;/q5*-1;. The molecular formula is C20H45MoO5-5. The molecule has 5 unspecified atom stereocenters. The van der Waals surface area contributed by atoms with Gasteiger partial charge in [0.05, 0.1) is 0 Å². The summed E-state index contributed by atoms with van der Waals surface area (Å²) in [6, 6.07) is 0. The van der Waals surface area contributed by atoms with Gasteiger partial charge in [-0.2, -0.15) is 0 Å². The monoisotopic (exact) mass is 463 g/mol. The van der Waals surface area contributed by atoms with Crippen LogP contribution in [0.3, 0.4) is 0 Å². The van der Waals surface area contributed by atoms with E-state index in [0.29, 0.717) is 0 Å². The van der Waals surface area contributed by atoms with Crippen LogP contribution in [0.4, 0.5) is 0 Å². The van der Waals surface area contributed by atoms with Crippen LogP contribution in [0.1, 0.15) is 101 Å². The van der Waals surface area contributed by atoms with Crippen molar-refractivity contribution < 1.29 is 46.6 Å². The van der Waals surface area contributed by atoms with Crippen molar-refractivity contribution in [3.63, 3.8) is 0 Å². The predicted molar refractivity (Wildman–Crippen MR) is 98.8 cm³/mol. The normalized spacial score (nSPS) is 14.4. The van der Waals surface area contributed by atoms with Gasteiger partial charge in [0.25, 0.3) is 0 Å². The molecule has 26 heavy (non-hydrogen) atoms. The van der Waals surface area contributed by atoms with Crippen LogP contribution in [0.5, 0.6) is 0 Å². The van der Waals surface area contributed by atoms with Crippen molar-refractivity contribution in [2.45, 2.75) is 132 Å². The Kier molecular flexibility index (Phi) is 57.4. The third kappa shape index (κ3) is 123. The maximum absolute atomic E-state index is 9.90. The first-order valence-electron chi connectivity index (χ1n) is 9.64. The van der Waals surface area contributed by atoms with Crippen LogP contribution >= 0.6 is 0 Å². The van der Waals surface area contributed by atoms with Gasteiger partial charge in [-0.25, -0.2) is 0 Å². The first-order valence-corrected chi connectivity index (χ1v) is 9.64. The number of hydrogen-bond donors (Lipinski definition) is 0. The molecule has 0 aromatic heterocycles. The second-order valence-electron chi connectivity index (χ2n) is 6.09. The molecule has 0 spiro atoms. The van der Waals surface area contributed by atoms with Crippen molar-refractivity contribution in [3.8, 4) is 0 Å². The van der Waals surface area contributed by atoms with Crippen LogP contribution in [-0.4, -0.2) is 30.5 Å². The van der Waals surface area contributed by atoms with Gasteiger partial charge < -0.3 is 25.5 Å². The summed E-state index contributed by atoms with van der Waals surface area (Å²) in [7, 11) is 0. The summed E-state index contributed by atoms with van der Waals surface area (Å²) in [6.07, 6.45) is 1.92. The molecule has 0 saturated heterocycles. The first-order chi connectivity index (χ1) is 11.4. The molecule has 0 aromatic rings. The summed E-state index contributed by atoms with van der Waals surface area (Å²) in [5.74, 6) is 0. The van der Waals surface area contributed by atoms with Crippen LogP contribution in [0.15, 0.2) is 0 Å². The van der Waals surface area contributed by atoms with E-state index in [1.165, 1.54) is 0 Å². The van der Waals surface area contributed by atoms with Crippen LogP contribution < -0.4 is 25.5 Å². The topological polar surface area (TPSA) is 115 Å². The van der Waals surface area contributed by atoms with E-state index in [1.54, 1.807) is 34.6 Å². The molecular weight excluding hydrogens is 416 g/mol. The molecule has 5 atom stereocenters. The van der Waals surface area contributed by atoms with Gasteiger partial charge in [0.1, 0.15) is 0 Å². The SMILES string of the molecule is CCC(C)[O-].CCC(C)[O-].CCC(C)[O-].CCC(C)[O-].CCC(C)[O-].[Mo]. The largest absolute Gasteiger partial charge is 0.852 e. The van der Waals surface area contributed by atoms with Gasteiger partial charge in [0.2, 0.25) is 0 Å². The van der Waals surface area contributed by atoms with Crippen LogP contribution in [0, 0.1) is 0 Å². The van der Waals surface area contributed by atoms with Crippen molar-refractivity contribution >= 4 is 0 Å². The molecule has 0 heterocycles. The summed E-state index contributed by atoms with van der Waals surface area (Å²) >= 11 is 0. The zero-order valence-corrected chi connectivity index (χ0v) is 20.9. The van der Waals surface area contributed by atoms with Gasteiger partial charge in [-0.05, 0) is 0 Å². The summed E-state index contributed by atoms with van der Waals surface area (Å²) in [5.41, 5.74) is 0. The van der Waals surface area contributed by atoms with Crippen LogP contribution in [0.2, 0.25) is 0 Å². The molecule has 6 heteroatoms. The summed E-state index contributed by atoms with van der Waals surface area (Å²) < 4.78 is 0. The van der Waals surface area contributed by atoms with Gasteiger partial charge >= 0.3 is 0 Å². The average Bonchev–Trinajstić information content (AvgIpc) is 2.56. The summed E-state index contributed by atoms with van der Waals surface area (Å²) in [6.45, 7) is 17.8. The van der Waals surface area contributed by atoms with E-state index in [2.05, 4.69) is 0 Å². The molecule has 166 valence electrons. The van der Waals surface area contributed by atoms with E-state index in [-0.39, 0.29) is 51.6 Å². The molecule has 0 rings (SSSR count). The Morgan fingerprint density at radius 2 is 0.423 bits per heavy atom. The van der Waals surface area contributed by atoms with Crippen molar-refractivity contribution in [3.05, 3.63) is 0 Å². The quantitative estimate of drug-likeness (QED) is 0.560. The molecule has 0 aliphatic carbocycles. The summed E-state index contributed by atoms with van der Waals surface area (Å²) in [5, 5.41) is 49.5. The molecule has 0 radical (unpaired) electrons. The second-order valence-corrected chi connectivity index (χ2v) is 6.09. The zero-order chi connectivity index (χ0) is 21.4. The minimum Gasteiger partial charge on any atom is -0.852 e. The Bertz CT molecular complexity index is 141. The molecule has 0 saturated carbocycles. The molecule has 0 amide bonds. The zero-order valence-electron chi connectivity index (χ0n) is 18.9. The van der Waals surface area contributed by atoms with Gasteiger partial charge in [-0.15, -0.1) is 30.5 Å². The molecule has 0 N–H and O–H groups in total. The van der Waals surface area contributed by atoms with E-state index in [9.17, 15) is 25.5 Å². The van der Waals surface area contributed by atoms with Gasteiger partial charge in [0, 0.05) is 21.1 Å². The van der Waals surface area contributed by atoms with Gasteiger partial charge in [-0.1, -0.05) is 101 Å². The third-order valence-corrected chi connectivity index (χ3v) is 2.87. The number of hydrogen-bond acceptors (Lipinski definition) is 5. The van der Waals surface area contributed by atoms with Gasteiger partial charge in [0.15, 0.2) is 0 Å². The fraction of sp³-hybridized carbons (Fsp3) is 1.00. The molecule has 0 aromatic carbocycles. The molecule has 5 nitrogen and oxygen atoms in total. The minimum absolute atomic E-state index is 0. The smallest absolute Gasteiger partial charge is 0 e. The van der Waals surface area contributed by atoms with Gasteiger partial charge in [-0.3, -0.25) is 0 Å². The Labute approximate surface area is 178 Å². The third-order valence-electron chi connectivity index (χ3n) is 2.87. The fourth-order valence-electron chi connectivity index (χ4n) is 0. The second kappa shape index (κ2) is 36.4. The number of rotatable bonds is 5. The van der Waals surface area contributed by atoms with E-state index in [4.69, 9.17) is 0 Å². The maximum atomic E-state index is 9.90. The molecule has 0 aliphatic heterocycles. The van der Waals surface area contributed by atoms with Crippen molar-refractivity contribution in [2.75, 3.05) is 0 Å². The van der Waals surface area contributed by atoms with E-state index < -0.39 is 0 Å². The molecule has 0 bridgehead atoms. The maximum Gasteiger partial charge on any atom is 0 e. The first kappa shape index (κ1) is 41.0. The molecule has 0 aliphatic rings. The van der Waals surface area contributed by atoms with Crippen LogP contribution in [-0.2, 0) is 21.1 Å². The van der Waals surface area contributed by atoms with E-state index in [1.807, 2.05) is 34.6 Å². The molecule has 0 fully saturated rings. The predicted octanol–water partition coefficient (Wildman–Crippen LogP) is 0.724. The minimum atomic E-state index is -0.366. The Morgan fingerprint density at radius 3 is 0.423 bits per heavy atom. The summed E-state index contributed by atoms with van der Waals surface area (Å²) in [4.78, 5) is 0. The Morgan fingerprint density at radius 1 is 0.385 bits per heavy atom. The van der Waals surface area contributed by atoms with Crippen LogP contribution in [0.25, 0.3) is 0 Å². The van der Waals surface area contributed by atoms with E-state index >= 15 is 0 Å². The Hall–Kier alpha value is 0.488. The van der Waals surface area contributed by atoms with Crippen molar-refractivity contribution in [2.24, 2.45) is 0 Å².